The van der Waals surface area contributed by atoms with Gasteiger partial charge in [-0.15, -0.1) is 0 Å². The fourth-order valence-electron chi connectivity index (χ4n) is 2.19. The van der Waals surface area contributed by atoms with Gasteiger partial charge in [0.25, 0.3) is 0 Å². The average molecular weight is 249 g/mol. The highest BCUT2D eigenvalue weighted by atomic mass is 16.5. The number of phenolic OH excluding ortho intramolecular Hbond substituents is 1. The molecule has 1 aromatic rings. The number of carbonyl (C=O) groups is 1. The van der Waals surface area contributed by atoms with E-state index in [0.717, 1.165) is 19.6 Å². The Balaban J connectivity index is 1.79. The number of ether oxygens (including phenoxy) is 1. The summed E-state index contributed by atoms with van der Waals surface area (Å²) in [5.74, 6) is 0.579. The number of nitrogens with zero attached hydrogens (tertiary/aromatic N) is 1. The molecule has 0 spiro atoms. The van der Waals surface area contributed by atoms with Gasteiger partial charge in [0, 0.05) is 12.6 Å². The van der Waals surface area contributed by atoms with Crippen LogP contribution in [0.4, 0.5) is 0 Å². The summed E-state index contributed by atoms with van der Waals surface area (Å²) in [5, 5.41) is 9.52. The summed E-state index contributed by atoms with van der Waals surface area (Å²) < 4.78 is 5.57. The maximum Gasteiger partial charge on any atom is 0.153 e. The minimum atomic E-state index is -0.0273. The molecule has 1 aliphatic heterocycles. The Hall–Kier alpha value is -1.55. The molecule has 0 atom stereocenters. The van der Waals surface area contributed by atoms with Gasteiger partial charge in [-0.05, 0) is 38.1 Å². The summed E-state index contributed by atoms with van der Waals surface area (Å²) in [6, 6.07) is 4.76. The van der Waals surface area contributed by atoms with E-state index >= 15 is 0 Å². The zero-order valence-corrected chi connectivity index (χ0v) is 10.5. The van der Waals surface area contributed by atoms with Gasteiger partial charge in [0.2, 0.25) is 0 Å². The van der Waals surface area contributed by atoms with E-state index in [1.54, 1.807) is 12.1 Å². The maximum atomic E-state index is 10.6. The molecule has 1 N–H and O–H groups in total. The topological polar surface area (TPSA) is 49.8 Å². The van der Waals surface area contributed by atoms with Crippen LogP contribution in [0.25, 0.3) is 0 Å². The van der Waals surface area contributed by atoms with E-state index in [-0.39, 0.29) is 5.75 Å². The van der Waals surface area contributed by atoms with E-state index in [1.165, 1.54) is 25.3 Å². The number of likely N-dealkylation sites (tertiary alicyclic amines) is 1. The first-order valence-corrected chi connectivity index (χ1v) is 6.43. The molecule has 4 heteroatoms. The normalized spacial score (nSPS) is 16.4. The average Bonchev–Trinajstić information content (AvgIpc) is 2.40. The van der Waals surface area contributed by atoms with Crippen molar-refractivity contribution in [2.75, 3.05) is 26.2 Å². The molecule has 0 aliphatic carbocycles. The summed E-state index contributed by atoms with van der Waals surface area (Å²) in [6.07, 6.45) is 4.51. The number of benzene rings is 1. The molecule has 1 aliphatic rings. The molecule has 98 valence electrons. The van der Waals surface area contributed by atoms with Crippen molar-refractivity contribution in [3.05, 3.63) is 23.8 Å². The van der Waals surface area contributed by atoms with Gasteiger partial charge in [-0.2, -0.15) is 0 Å². The molecule has 1 aromatic carbocycles. The van der Waals surface area contributed by atoms with Crippen molar-refractivity contribution in [2.45, 2.75) is 19.3 Å². The quantitative estimate of drug-likeness (QED) is 0.812. The van der Waals surface area contributed by atoms with E-state index in [2.05, 4.69) is 4.90 Å². The van der Waals surface area contributed by atoms with Crippen LogP contribution in [0.3, 0.4) is 0 Å². The summed E-state index contributed by atoms with van der Waals surface area (Å²) in [4.78, 5) is 12.9. The molecule has 2 rings (SSSR count). The maximum absolute atomic E-state index is 10.6. The van der Waals surface area contributed by atoms with Crippen LogP contribution in [0.5, 0.6) is 11.5 Å². The first kappa shape index (κ1) is 12.9. The lowest BCUT2D eigenvalue weighted by atomic mass is 10.1. The smallest absolute Gasteiger partial charge is 0.153 e. The Kier molecular flexibility index (Phi) is 4.59. The molecule has 0 amide bonds. The number of piperidine rings is 1. The van der Waals surface area contributed by atoms with Crippen molar-refractivity contribution in [1.29, 1.82) is 0 Å². The van der Waals surface area contributed by atoms with Gasteiger partial charge in [0.1, 0.15) is 18.1 Å². The number of aromatic hydroxyl groups is 1. The fourth-order valence-corrected chi connectivity index (χ4v) is 2.19. The van der Waals surface area contributed by atoms with Crippen LogP contribution in [0.1, 0.15) is 29.6 Å². The van der Waals surface area contributed by atoms with Gasteiger partial charge in [-0.1, -0.05) is 6.42 Å². The van der Waals surface area contributed by atoms with Gasteiger partial charge in [-0.25, -0.2) is 0 Å². The van der Waals surface area contributed by atoms with Crippen molar-refractivity contribution in [3.63, 3.8) is 0 Å². The number of carbonyl (C=O) groups excluding carboxylic acids is 1. The molecule has 0 saturated carbocycles. The molecule has 0 aromatic heterocycles. The lowest BCUT2D eigenvalue weighted by Crippen LogP contribution is -2.33. The Morgan fingerprint density at radius 1 is 1.28 bits per heavy atom. The van der Waals surface area contributed by atoms with Crippen molar-refractivity contribution in [2.24, 2.45) is 0 Å². The summed E-state index contributed by atoms with van der Waals surface area (Å²) in [6.45, 7) is 3.83. The Morgan fingerprint density at radius 2 is 2.06 bits per heavy atom. The summed E-state index contributed by atoms with van der Waals surface area (Å²) in [5.41, 5.74) is 0.290. The number of rotatable bonds is 5. The van der Waals surface area contributed by atoms with E-state index in [0.29, 0.717) is 24.2 Å². The van der Waals surface area contributed by atoms with Crippen molar-refractivity contribution < 1.29 is 14.6 Å². The molecule has 1 fully saturated rings. The Morgan fingerprint density at radius 3 is 2.72 bits per heavy atom. The predicted molar refractivity (Wildman–Crippen MR) is 69.3 cm³/mol. The molecule has 1 heterocycles. The van der Waals surface area contributed by atoms with Crippen molar-refractivity contribution in [1.82, 2.24) is 4.90 Å². The monoisotopic (exact) mass is 249 g/mol. The number of phenols is 1. The molecule has 0 unspecified atom stereocenters. The van der Waals surface area contributed by atoms with E-state index < -0.39 is 0 Å². The van der Waals surface area contributed by atoms with Gasteiger partial charge in [0.15, 0.2) is 6.29 Å². The van der Waals surface area contributed by atoms with Crippen LogP contribution in [0.2, 0.25) is 0 Å². The van der Waals surface area contributed by atoms with Crippen LogP contribution in [0, 0.1) is 0 Å². The van der Waals surface area contributed by atoms with Crippen LogP contribution >= 0.6 is 0 Å². The first-order chi connectivity index (χ1) is 8.79. The van der Waals surface area contributed by atoms with Gasteiger partial charge >= 0.3 is 0 Å². The third kappa shape index (κ3) is 3.47. The standard InChI is InChI=1S/C14H19NO3/c16-11-12-4-5-13(10-14(12)17)18-9-8-15-6-2-1-3-7-15/h4-5,10-11,17H,1-3,6-9H2. The van der Waals surface area contributed by atoms with Crippen LogP contribution < -0.4 is 4.74 Å². The second-order valence-corrected chi connectivity index (χ2v) is 4.59. The summed E-state index contributed by atoms with van der Waals surface area (Å²) >= 11 is 0. The molecular weight excluding hydrogens is 230 g/mol. The fraction of sp³-hybridized carbons (Fsp3) is 0.500. The molecule has 4 nitrogen and oxygen atoms in total. The third-order valence-corrected chi connectivity index (χ3v) is 3.25. The second kappa shape index (κ2) is 6.40. The minimum Gasteiger partial charge on any atom is -0.507 e. The Bertz CT molecular complexity index is 400. The van der Waals surface area contributed by atoms with Crippen LogP contribution in [-0.4, -0.2) is 42.5 Å². The molecule has 18 heavy (non-hydrogen) atoms. The zero-order valence-electron chi connectivity index (χ0n) is 10.5. The van der Waals surface area contributed by atoms with E-state index in [1.807, 2.05) is 0 Å². The van der Waals surface area contributed by atoms with Gasteiger partial charge in [0.05, 0.1) is 5.56 Å². The van der Waals surface area contributed by atoms with Crippen molar-refractivity contribution >= 4 is 6.29 Å². The first-order valence-electron chi connectivity index (χ1n) is 6.43. The highest BCUT2D eigenvalue weighted by Crippen LogP contribution is 2.22. The highest BCUT2D eigenvalue weighted by molar-refractivity contribution is 5.79. The van der Waals surface area contributed by atoms with E-state index in [4.69, 9.17) is 4.74 Å². The van der Waals surface area contributed by atoms with Crippen LogP contribution in [-0.2, 0) is 0 Å². The molecule has 0 radical (unpaired) electrons. The molecule has 0 bridgehead atoms. The van der Waals surface area contributed by atoms with Crippen molar-refractivity contribution in [3.8, 4) is 11.5 Å². The second-order valence-electron chi connectivity index (χ2n) is 4.59. The number of hydrogen-bond donors (Lipinski definition) is 1. The van der Waals surface area contributed by atoms with Crippen LogP contribution in [0.15, 0.2) is 18.2 Å². The zero-order chi connectivity index (χ0) is 12.8. The number of aldehydes is 1. The molecular formula is C14H19NO3. The predicted octanol–water partition coefficient (Wildman–Crippen LogP) is 2.07. The minimum absolute atomic E-state index is 0.0273. The van der Waals surface area contributed by atoms with Gasteiger partial charge < -0.3 is 9.84 Å². The lowest BCUT2D eigenvalue weighted by Gasteiger charge is -2.26. The van der Waals surface area contributed by atoms with E-state index in [9.17, 15) is 9.90 Å². The summed E-state index contributed by atoms with van der Waals surface area (Å²) in [7, 11) is 0. The number of hydrogen-bond acceptors (Lipinski definition) is 4. The third-order valence-electron chi connectivity index (χ3n) is 3.25. The Labute approximate surface area is 107 Å². The largest absolute Gasteiger partial charge is 0.507 e. The SMILES string of the molecule is O=Cc1ccc(OCCN2CCCCC2)cc1O. The van der Waals surface area contributed by atoms with Gasteiger partial charge in [-0.3, -0.25) is 9.69 Å². The lowest BCUT2D eigenvalue weighted by molar-refractivity contribution is 0.112. The molecule has 1 saturated heterocycles. The highest BCUT2D eigenvalue weighted by Gasteiger charge is 2.09.